The summed E-state index contributed by atoms with van der Waals surface area (Å²) in [6, 6.07) is 9.81. The first-order chi connectivity index (χ1) is 16.8. The normalized spacial score (nSPS) is 15.9. The number of hydrogen-bond donors (Lipinski definition) is 1. The number of imidazole rings is 1. The molecule has 2 aromatic heterocycles. The Hall–Kier alpha value is -3.99. The number of alkyl halides is 2. The van der Waals surface area contributed by atoms with Gasteiger partial charge in [-0.3, -0.25) is 9.59 Å². The van der Waals surface area contributed by atoms with Crippen molar-refractivity contribution >= 4 is 34.2 Å². The van der Waals surface area contributed by atoms with E-state index in [2.05, 4.69) is 24.5 Å². The van der Waals surface area contributed by atoms with Crippen molar-refractivity contribution in [1.29, 1.82) is 0 Å². The number of aromatic nitrogens is 4. The molecule has 2 aliphatic rings. The molecule has 35 heavy (non-hydrogen) atoms. The average Bonchev–Trinajstić information content (AvgIpc) is 3.44. The Morgan fingerprint density at radius 2 is 2.09 bits per heavy atom. The van der Waals surface area contributed by atoms with Crippen LogP contribution in [-0.4, -0.2) is 38.5 Å². The molecule has 0 aliphatic carbocycles. The van der Waals surface area contributed by atoms with Crippen molar-refractivity contribution < 1.29 is 23.0 Å². The van der Waals surface area contributed by atoms with E-state index in [1.807, 2.05) is 0 Å². The highest BCUT2D eigenvalue weighted by Crippen LogP contribution is 2.48. The lowest BCUT2D eigenvalue weighted by atomic mass is 10.00. The highest BCUT2D eigenvalue weighted by atomic mass is 35.5. The molecule has 0 spiro atoms. The van der Waals surface area contributed by atoms with Crippen LogP contribution in [0.5, 0.6) is 11.5 Å². The van der Waals surface area contributed by atoms with Crippen LogP contribution in [0.3, 0.4) is 0 Å². The molecule has 12 heteroatoms. The van der Waals surface area contributed by atoms with E-state index in [-0.39, 0.29) is 23.6 Å². The third-order valence-corrected chi connectivity index (χ3v) is 6.20. The number of carbonyl (C=O) groups excluding carboxylic acids is 1. The number of carbonyl (C=O) groups is 1. The van der Waals surface area contributed by atoms with Crippen LogP contribution in [0, 0.1) is 0 Å². The molecule has 0 atom stereocenters. The Bertz CT molecular complexity index is 1570. The van der Waals surface area contributed by atoms with Crippen LogP contribution in [0.4, 0.5) is 14.5 Å². The predicted octanol–water partition coefficient (Wildman–Crippen LogP) is 3.74. The van der Waals surface area contributed by atoms with E-state index in [0.29, 0.717) is 52.4 Å². The molecule has 2 aromatic carbocycles. The summed E-state index contributed by atoms with van der Waals surface area (Å²) in [6.07, 6.45) is -1.40. The molecule has 4 aromatic rings. The fraction of sp³-hybridized carbons (Fsp3) is 0.217. The van der Waals surface area contributed by atoms with E-state index < -0.39 is 17.8 Å². The molecule has 0 saturated heterocycles. The van der Waals surface area contributed by atoms with Gasteiger partial charge < -0.3 is 19.4 Å². The SMILES string of the molecule is O=C(Cn1nc(-c2cccc(Cl)c2)c2nc[nH]c2c1=O)N1CCCc2c1ccc1c2OC(F)(F)O1. The largest absolute Gasteiger partial charge is 0.586 e. The summed E-state index contributed by atoms with van der Waals surface area (Å²) in [5, 5.41) is 4.91. The number of rotatable bonds is 3. The van der Waals surface area contributed by atoms with E-state index >= 15 is 0 Å². The summed E-state index contributed by atoms with van der Waals surface area (Å²) in [5.41, 5.74) is 1.97. The molecule has 6 rings (SSSR count). The van der Waals surface area contributed by atoms with Crippen LogP contribution >= 0.6 is 11.6 Å². The van der Waals surface area contributed by atoms with Crippen LogP contribution < -0.4 is 19.9 Å². The number of halogens is 3. The lowest BCUT2D eigenvalue weighted by Gasteiger charge is -2.30. The lowest BCUT2D eigenvalue weighted by Crippen LogP contribution is -2.40. The summed E-state index contributed by atoms with van der Waals surface area (Å²) in [7, 11) is 0. The lowest BCUT2D eigenvalue weighted by molar-refractivity contribution is -0.286. The van der Waals surface area contributed by atoms with E-state index in [1.165, 1.54) is 17.3 Å². The predicted molar refractivity (Wildman–Crippen MR) is 122 cm³/mol. The molecular formula is C23H16ClF2N5O4. The highest BCUT2D eigenvalue weighted by Gasteiger charge is 2.45. The van der Waals surface area contributed by atoms with E-state index in [1.54, 1.807) is 30.3 Å². The number of H-pyrrole nitrogens is 1. The number of hydrogen-bond acceptors (Lipinski definition) is 6. The Morgan fingerprint density at radius 3 is 2.91 bits per heavy atom. The van der Waals surface area contributed by atoms with E-state index in [0.717, 1.165) is 4.68 Å². The molecule has 0 radical (unpaired) electrons. The Morgan fingerprint density at radius 1 is 1.23 bits per heavy atom. The van der Waals surface area contributed by atoms with Gasteiger partial charge in [-0.2, -0.15) is 5.10 Å². The fourth-order valence-electron chi connectivity index (χ4n) is 4.47. The summed E-state index contributed by atoms with van der Waals surface area (Å²) in [6.45, 7) is -0.0184. The number of amides is 1. The van der Waals surface area contributed by atoms with Gasteiger partial charge in [-0.05, 0) is 37.1 Å². The van der Waals surface area contributed by atoms with Crippen molar-refractivity contribution in [3.63, 3.8) is 0 Å². The minimum absolute atomic E-state index is 0.0672. The van der Waals surface area contributed by atoms with Crippen molar-refractivity contribution in [3.05, 3.63) is 63.7 Å². The van der Waals surface area contributed by atoms with Crippen molar-refractivity contribution in [1.82, 2.24) is 19.7 Å². The zero-order valence-electron chi connectivity index (χ0n) is 17.9. The van der Waals surface area contributed by atoms with Gasteiger partial charge in [0.2, 0.25) is 5.91 Å². The Labute approximate surface area is 200 Å². The molecule has 178 valence electrons. The standard InChI is InChI=1S/C23H16ClF2N5O4/c24-13-4-1-3-12(9-13)18-19-20(28-11-27-19)22(33)31(29-18)10-17(32)30-8-2-5-14-15(30)6-7-16-21(14)35-23(25,26)34-16/h1,3-4,6-7,9,11H,2,5,8,10H2,(H,27,28). The molecule has 4 heterocycles. The van der Waals surface area contributed by atoms with Gasteiger partial charge in [0.25, 0.3) is 5.56 Å². The maximum absolute atomic E-state index is 13.6. The van der Waals surface area contributed by atoms with Crippen molar-refractivity contribution in [3.8, 4) is 22.8 Å². The summed E-state index contributed by atoms with van der Waals surface area (Å²) < 4.78 is 37.5. The summed E-state index contributed by atoms with van der Waals surface area (Å²) in [4.78, 5) is 34.9. The number of benzene rings is 2. The van der Waals surface area contributed by atoms with Crippen LogP contribution in [0.1, 0.15) is 12.0 Å². The molecule has 0 bridgehead atoms. The van der Waals surface area contributed by atoms with Gasteiger partial charge in [-0.25, -0.2) is 9.67 Å². The van der Waals surface area contributed by atoms with Gasteiger partial charge >= 0.3 is 6.29 Å². The first kappa shape index (κ1) is 21.5. The number of ether oxygens (including phenoxy) is 2. The highest BCUT2D eigenvalue weighted by molar-refractivity contribution is 6.30. The minimum Gasteiger partial charge on any atom is -0.395 e. The van der Waals surface area contributed by atoms with Gasteiger partial charge in [-0.15, -0.1) is 8.78 Å². The summed E-state index contributed by atoms with van der Waals surface area (Å²) >= 11 is 6.13. The molecule has 0 saturated carbocycles. The number of aromatic amines is 1. The third kappa shape index (κ3) is 3.59. The van der Waals surface area contributed by atoms with Crippen LogP contribution in [0.2, 0.25) is 5.02 Å². The van der Waals surface area contributed by atoms with Gasteiger partial charge in [-0.1, -0.05) is 23.7 Å². The van der Waals surface area contributed by atoms with Crippen LogP contribution in [-0.2, 0) is 17.8 Å². The fourth-order valence-corrected chi connectivity index (χ4v) is 4.66. The molecular weight excluding hydrogens is 484 g/mol. The van der Waals surface area contributed by atoms with Crippen molar-refractivity contribution in [2.45, 2.75) is 25.7 Å². The first-order valence-electron chi connectivity index (χ1n) is 10.7. The Kier molecular flexibility index (Phi) is 4.78. The minimum atomic E-state index is -3.75. The zero-order valence-corrected chi connectivity index (χ0v) is 18.7. The second-order valence-electron chi connectivity index (χ2n) is 8.15. The first-order valence-corrected chi connectivity index (χ1v) is 11.1. The molecule has 0 fully saturated rings. The number of fused-ring (bicyclic) bond motifs is 4. The topological polar surface area (TPSA) is 102 Å². The van der Waals surface area contributed by atoms with Crippen molar-refractivity contribution in [2.75, 3.05) is 11.4 Å². The van der Waals surface area contributed by atoms with Gasteiger partial charge in [0.15, 0.2) is 11.5 Å². The van der Waals surface area contributed by atoms with Crippen molar-refractivity contribution in [2.24, 2.45) is 0 Å². The van der Waals surface area contributed by atoms with E-state index in [9.17, 15) is 18.4 Å². The number of anilines is 1. The maximum atomic E-state index is 13.6. The smallest absolute Gasteiger partial charge is 0.395 e. The summed E-state index contributed by atoms with van der Waals surface area (Å²) in [5.74, 6) is -0.568. The number of nitrogens with zero attached hydrogens (tertiary/aromatic N) is 4. The maximum Gasteiger partial charge on any atom is 0.586 e. The monoisotopic (exact) mass is 499 g/mol. The average molecular weight is 500 g/mol. The second-order valence-corrected chi connectivity index (χ2v) is 8.59. The van der Waals surface area contributed by atoms with E-state index in [4.69, 9.17) is 11.6 Å². The molecule has 0 unspecified atom stereocenters. The Balaban J connectivity index is 1.38. The molecule has 9 nitrogen and oxygen atoms in total. The zero-order chi connectivity index (χ0) is 24.3. The van der Waals surface area contributed by atoms with Gasteiger partial charge in [0, 0.05) is 22.7 Å². The van der Waals surface area contributed by atoms with Gasteiger partial charge in [0.05, 0.1) is 12.0 Å². The molecule has 2 aliphatic heterocycles. The molecule has 1 amide bonds. The quantitative estimate of drug-likeness (QED) is 0.461. The third-order valence-electron chi connectivity index (χ3n) is 5.97. The number of nitrogens with one attached hydrogen (secondary N) is 1. The molecule has 1 N–H and O–H groups in total. The van der Waals surface area contributed by atoms with Gasteiger partial charge in [0.1, 0.15) is 23.3 Å². The van der Waals surface area contributed by atoms with Crippen LogP contribution in [0.15, 0.2) is 47.5 Å². The second kappa shape index (κ2) is 7.77. The van der Waals surface area contributed by atoms with Crippen LogP contribution in [0.25, 0.3) is 22.3 Å².